The van der Waals surface area contributed by atoms with Gasteiger partial charge in [0.15, 0.2) is 5.82 Å². The van der Waals surface area contributed by atoms with Crippen molar-refractivity contribution in [3.63, 3.8) is 0 Å². The van der Waals surface area contributed by atoms with Crippen LogP contribution in [0.25, 0.3) is 10.7 Å². The second kappa shape index (κ2) is 5.49. The molecule has 7 heteroatoms. The van der Waals surface area contributed by atoms with E-state index in [4.69, 9.17) is 5.73 Å². The quantitative estimate of drug-likeness (QED) is 0.900. The van der Waals surface area contributed by atoms with E-state index in [0.29, 0.717) is 5.92 Å². The minimum absolute atomic E-state index is 0.554. The molecule has 0 aliphatic carbocycles. The maximum absolute atomic E-state index is 5.78. The Balaban J connectivity index is 1.81. The first kappa shape index (κ1) is 13.5. The summed E-state index contributed by atoms with van der Waals surface area (Å²) in [5, 5.41) is 8.46. The molecule has 3 rings (SSSR count). The maximum atomic E-state index is 5.78. The zero-order valence-electron chi connectivity index (χ0n) is 11.9. The van der Waals surface area contributed by atoms with Crippen molar-refractivity contribution >= 4 is 17.3 Å². The molecule has 0 saturated carbocycles. The minimum atomic E-state index is 0.554. The van der Waals surface area contributed by atoms with Crippen molar-refractivity contribution in [2.75, 3.05) is 24.5 Å². The summed E-state index contributed by atoms with van der Waals surface area (Å²) in [4.78, 5) is 12.4. The summed E-state index contributed by atoms with van der Waals surface area (Å²) in [7, 11) is 0. The summed E-state index contributed by atoms with van der Waals surface area (Å²) >= 11 is 1.65. The second-order valence-electron chi connectivity index (χ2n) is 5.32. The molecule has 1 aliphatic heterocycles. The standard InChI is InChI=1S/C13H20N6S/c1-8-11(20-9(2)15-8)12-16-13(18-17-12)19-5-3-4-10(6-14)7-19/h10H,3-7,14H2,1-2H3,(H,16,17,18). The number of nitrogens with two attached hydrogens (primary N) is 1. The second-order valence-corrected chi connectivity index (χ2v) is 6.52. The van der Waals surface area contributed by atoms with Crippen LogP contribution in [0.1, 0.15) is 23.5 Å². The van der Waals surface area contributed by atoms with Gasteiger partial charge in [0.25, 0.3) is 0 Å². The van der Waals surface area contributed by atoms with Crippen LogP contribution in [0.4, 0.5) is 5.95 Å². The summed E-state index contributed by atoms with van der Waals surface area (Å²) in [5.41, 5.74) is 6.79. The lowest BCUT2D eigenvalue weighted by atomic mass is 9.99. The molecule has 1 aliphatic rings. The SMILES string of the molecule is Cc1nc(C)c(-c2nc(N3CCCC(CN)C3)n[nH]2)s1. The average molecular weight is 292 g/mol. The zero-order chi connectivity index (χ0) is 14.1. The molecule has 3 heterocycles. The van der Waals surface area contributed by atoms with Crippen LogP contribution in [0.2, 0.25) is 0 Å². The summed E-state index contributed by atoms with van der Waals surface area (Å²) in [6.07, 6.45) is 2.36. The van der Waals surface area contributed by atoms with E-state index in [1.54, 1.807) is 11.3 Å². The molecule has 1 fully saturated rings. The predicted octanol–water partition coefficient (Wildman–Crippen LogP) is 1.72. The zero-order valence-corrected chi connectivity index (χ0v) is 12.7. The summed E-state index contributed by atoms with van der Waals surface area (Å²) in [6.45, 7) is 6.71. The van der Waals surface area contributed by atoms with Gasteiger partial charge in [0.05, 0.1) is 15.6 Å². The van der Waals surface area contributed by atoms with Crippen LogP contribution in [0, 0.1) is 19.8 Å². The molecular formula is C13H20N6S. The topological polar surface area (TPSA) is 83.7 Å². The Kier molecular flexibility index (Phi) is 3.71. The van der Waals surface area contributed by atoms with E-state index >= 15 is 0 Å². The van der Waals surface area contributed by atoms with Gasteiger partial charge in [-0.05, 0) is 39.2 Å². The van der Waals surface area contributed by atoms with Crippen LogP contribution in [0.3, 0.4) is 0 Å². The summed E-state index contributed by atoms with van der Waals surface area (Å²) in [5.74, 6) is 2.15. The van der Waals surface area contributed by atoms with Crippen LogP contribution < -0.4 is 10.6 Å². The third-order valence-corrected chi connectivity index (χ3v) is 4.81. The normalized spacial score (nSPS) is 19.6. The van der Waals surface area contributed by atoms with E-state index in [-0.39, 0.29) is 0 Å². The molecule has 1 saturated heterocycles. The molecule has 1 unspecified atom stereocenters. The van der Waals surface area contributed by atoms with Gasteiger partial charge >= 0.3 is 0 Å². The number of aromatic amines is 1. The summed E-state index contributed by atoms with van der Waals surface area (Å²) in [6, 6.07) is 0. The number of nitrogens with one attached hydrogen (secondary N) is 1. The number of hydrogen-bond donors (Lipinski definition) is 2. The van der Waals surface area contributed by atoms with Gasteiger partial charge in [-0.3, -0.25) is 5.10 Å². The number of thiazole rings is 1. The van der Waals surface area contributed by atoms with Crippen LogP contribution in [-0.2, 0) is 0 Å². The Morgan fingerprint density at radius 1 is 1.40 bits per heavy atom. The molecule has 108 valence electrons. The van der Waals surface area contributed by atoms with Gasteiger partial charge in [-0.1, -0.05) is 0 Å². The Labute approximate surface area is 122 Å². The minimum Gasteiger partial charge on any atom is -0.339 e. The average Bonchev–Trinajstić information content (AvgIpc) is 3.05. The molecular weight excluding hydrogens is 272 g/mol. The number of aryl methyl sites for hydroxylation is 2. The van der Waals surface area contributed by atoms with Gasteiger partial charge in [-0.25, -0.2) is 4.98 Å². The molecule has 0 aromatic carbocycles. The van der Waals surface area contributed by atoms with E-state index in [2.05, 4.69) is 25.1 Å². The van der Waals surface area contributed by atoms with Crippen molar-refractivity contribution in [2.24, 2.45) is 11.7 Å². The molecule has 2 aromatic rings. The highest BCUT2D eigenvalue weighted by Crippen LogP contribution is 2.28. The first-order chi connectivity index (χ1) is 9.67. The lowest BCUT2D eigenvalue weighted by molar-refractivity contribution is 0.420. The van der Waals surface area contributed by atoms with Crippen molar-refractivity contribution in [2.45, 2.75) is 26.7 Å². The highest BCUT2D eigenvalue weighted by Gasteiger charge is 2.22. The first-order valence-electron chi connectivity index (χ1n) is 6.99. The van der Waals surface area contributed by atoms with Crippen molar-refractivity contribution in [1.29, 1.82) is 0 Å². The number of aromatic nitrogens is 4. The molecule has 0 spiro atoms. The molecule has 6 nitrogen and oxygen atoms in total. The van der Waals surface area contributed by atoms with Crippen LogP contribution in [0.15, 0.2) is 0 Å². The largest absolute Gasteiger partial charge is 0.339 e. The number of anilines is 1. The van der Waals surface area contributed by atoms with Crippen LogP contribution in [0.5, 0.6) is 0 Å². The van der Waals surface area contributed by atoms with Crippen molar-refractivity contribution in [1.82, 2.24) is 20.2 Å². The number of piperidine rings is 1. The lowest BCUT2D eigenvalue weighted by Crippen LogP contribution is -2.38. The van der Waals surface area contributed by atoms with E-state index < -0.39 is 0 Å². The van der Waals surface area contributed by atoms with E-state index in [1.165, 1.54) is 6.42 Å². The van der Waals surface area contributed by atoms with Crippen molar-refractivity contribution in [3.05, 3.63) is 10.7 Å². The van der Waals surface area contributed by atoms with E-state index in [9.17, 15) is 0 Å². The van der Waals surface area contributed by atoms with Crippen molar-refractivity contribution < 1.29 is 0 Å². The molecule has 0 bridgehead atoms. The maximum Gasteiger partial charge on any atom is 0.245 e. The van der Waals surface area contributed by atoms with Crippen molar-refractivity contribution in [3.8, 4) is 10.7 Å². The van der Waals surface area contributed by atoms with E-state index in [1.807, 2.05) is 13.8 Å². The highest BCUT2D eigenvalue weighted by molar-refractivity contribution is 7.15. The molecule has 20 heavy (non-hydrogen) atoms. The lowest BCUT2D eigenvalue weighted by Gasteiger charge is -2.31. The first-order valence-corrected chi connectivity index (χ1v) is 7.81. The van der Waals surface area contributed by atoms with Gasteiger partial charge < -0.3 is 10.6 Å². The molecule has 1 atom stereocenters. The number of H-pyrrole nitrogens is 1. The molecule has 0 radical (unpaired) electrons. The van der Waals surface area contributed by atoms with Crippen LogP contribution in [-0.4, -0.2) is 39.8 Å². The fourth-order valence-corrected chi connectivity index (χ4v) is 3.55. The summed E-state index contributed by atoms with van der Waals surface area (Å²) < 4.78 is 0. The van der Waals surface area contributed by atoms with Crippen LogP contribution >= 0.6 is 11.3 Å². The fraction of sp³-hybridized carbons (Fsp3) is 0.615. The van der Waals surface area contributed by atoms with Gasteiger partial charge in [-0.15, -0.1) is 16.4 Å². The number of nitrogens with zero attached hydrogens (tertiary/aromatic N) is 4. The Morgan fingerprint density at radius 2 is 2.25 bits per heavy atom. The Hall–Kier alpha value is -1.47. The molecule has 2 aromatic heterocycles. The smallest absolute Gasteiger partial charge is 0.245 e. The van der Waals surface area contributed by atoms with Gasteiger partial charge in [0.1, 0.15) is 0 Å². The monoisotopic (exact) mass is 292 g/mol. The van der Waals surface area contributed by atoms with Gasteiger partial charge in [0, 0.05) is 13.1 Å². The fourth-order valence-electron chi connectivity index (χ4n) is 2.69. The van der Waals surface area contributed by atoms with Gasteiger partial charge in [0.2, 0.25) is 5.95 Å². The highest BCUT2D eigenvalue weighted by atomic mass is 32.1. The molecule has 3 N–H and O–H groups in total. The predicted molar refractivity (Wildman–Crippen MR) is 81.0 cm³/mol. The van der Waals surface area contributed by atoms with Gasteiger partial charge in [-0.2, -0.15) is 4.98 Å². The Bertz CT molecular complexity index is 589. The number of hydrogen-bond acceptors (Lipinski definition) is 6. The third-order valence-electron chi connectivity index (χ3n) is 3.73. The number of rotatable bonds is 3. The van der Waals surface area contributed by atoms with E-state index in [0.717, 1.165) is 53.4 Å². The Morgan fingerprint density at radius 3 is 2.95 bits per heavy atom. The third kappa shape index (κ3) is 2.55. The molecule has 0 amide bonds.